The lowest BCUT2D eigenvalue weighted by Crippen LogP contribution is -2.10. The molecule has 0 aromatic carbocycles. The molecule has 1 aliphatic rings. The van der Waals surface area contributed by atoms with Gasteiger partial charge in [0.25, 0.3) is 0 Å². The van der Waals surface area contributed by atoms with Crippen molar-refractivity contribution in [2.45, 2.75) is 5.37 Å². The number of rotatable bonds is 1. The summed E-state index contributed by atoms with van der Waals surface area (Å²) in [7, 11) is 0. The van der Waals surface area contributed by atoms with Gasteiger partial charge in [-0.2, -0.15) is 0 Å². The van der Waals surface area contributed by atoms with Crippen LogP contribution in [0.15, 0.2) is 15.9 Å². The third kappa shape index (κ3) is 1.80. The number of thiophene rings is 1. The molecule has 0 spiro atoms. The van der Waals surface area contributed by atoms with Crippen molar-refractivity contribution in [1.29, 1.82) is 0 Å². The van der Waals surface area contributed by atoms with Gasteiger partial charge < -0.3 is 5.32 Å². The van der Waals surface area contributed by atoms with Gasteiger partial charge >= 0.3 is 0 Å². The highest BCUT2D eigenvalue weighted by molar-refractivity contribution is 9.11. The van der Waals surface area contributed by atoms with E-state index in [4.69, 9.17) is 0 Å². The minimum Gasteiger partial charge on any atom is -0.300 e. The summed E-state index contributed by atoms with van der Waals surface area (Å²) in [5.74, 6) is 1.24. The normalized spacial score (nSPS) is 24.3. The zero-order chi connectivity index (χ0) is 7.68. The average molecular weight is 250 g/mol. The molecule has 2 rings (SSSR count). The van der Waals surface area contributed by atoms with E-state index in [1.165, 1.54) is 14.4 Å². The zero-order valence-electron chi connectivity index (χ0n) is 5.84. The molecule has 0 radical (unpaired) electrons. The van der Waals surface area contributed by atoms with E-state index in [0.29, 0.717) is 5.37 Å². The van der Waals surface area contributed by atoms with Crippen molar-refractivity contribution in [3.8, 4) is 0 Å². The van der Waals surface area contributed by atoms with E-state index in [-0.39, 0.29) is 0 Å². The summed E-state index contributed by atoms with van der Waals surface area (Å²) in [5.41, 5.74) is 0. The molecule has 1 N–H and O–H groups in total. The van der Waals surface area contributed by atoms with Gasteiger partial charge in [-0.3, -0.25) is 0 Å². The first kappa shape index (κ1) is 8.10. The van der Waals surface area contributed by atoms with E-state index < -0.39 is 0 Å². The highest BCUT2D eigenvalue weighted by Gasteiger charge is 2.17. The molecular weight excluding hydrogens is 242 g/mol. The zero-order valence-corrected chi connectivity index (χ0v) is 9.06. The van der Waals surface area contributed by atoms with Gasteiger partial charge in [-0.05, 0) is 28.1 Å². The maximum atomic E-state index is 3.46. The van der Waals surface area contributed by atoms with Gasteiger partial charge in [0.05, 0.1) is 9.16 Å². The summed E-state index contributed by atoms with van der Waals surface area (Å²) < 4.78 is 1.22. The Kier molecular flexibility index (Phi) is 2.56. The van der Waals surface area contributed by atoms with Crippen molar-refractivity contribution in [1.82, 2.24) is 5.32 Å². The van der Waals surface area contributed by atoms with Gasteiger partial charge in [-0.1, -0.05) is 0 Å². The Morgan fingerprint density at radius 1 is 1.55 bits per heavy atom. The topological polar surface area (TPSA) is 12.0 Å². The van der Waals surface area contributed by atoms with Crippen LogP contribution in [-0.4, -0.2) is 12.3 Å². The van der Waals surface area contributed by atoms with Crippen molar-refractivity contribution in [3.05, 3.63) is 20.8 Å². The molecule has 1 aromatic rings. The Labute approximate surface area is 82.7 Å². The van der Waals surface area contributed by atoms with Gasteiger partial charge in [0.1, 0.15) is 0 Å². The van der Waals surface area contributed by atoms with E-state index >= 15 is 0 Å². The van der Waals surface area contributed by atoms with Crippen LogP contribution in [0.4, 0.5) is 0 Å². The monoisotopic (exact) mass is 249 g/mol. The predicted molar refractivity (Wildman–Crippen MR) is 55.2 cm³/mol. The Hall–Kier alpha value is 0.490. The van der Waals surface area contributed by atoms with Crippen molar-refractivity contribution < 1.29 is 0 Å². The first-order chi connectivity index (χ1) is 5.36. The highest BCUT2D eigenvalue weighted by Crippen LogP contribution is 2.35. The Morgan fingerprint density at radius 2 is 2.45 bits per heavy atom. The van der Waals surface area contributed by atoms with Crippen molar-refractivity contribution in [2.75, 3.05) is 12.3 Å². The van der Waals surface area contributed by atoms with E-state index in [1.54, 1.807) is 0 Å². The third-order valence-corrected chi connectivity index (χ3v) is 4.60. The summed E-state index contributed by atoms with van der Waals surface area (Å²) >= 11 is 7.27. The van der Waals surface area contributed by atoms with Crippen LogP contribution in [0.5, 0.6) is 0 Å². The van der Waals surface area contributed by atoms with E-state index in [1.807, 2.05) is 23.1 Å². The molecule has 2 heterocycles. The summed E-state index contributed by atoms with van der Waals surface area (Å²) in [5, 5.41) is 3.99. The van der Waals surface area contributed by atoms with Crippen LogP contribution in [0, 0.1) is 0 Å². The van der Waals surface area contributed by atoms with Crippen LogP contribution < -0.4 is 5.32 Å². The fraction of sp³-hybridized carbons (Fsp3) is 0.429. The van der Waals surface area contributed by atoms with Crippen LogP contribution in [0.25, 0.3) is 0 Å². The molecule has 1 saturated heterocycles. The smallest absolute Gasteiger partial charge is 0.0883 e. The summed E-state index contributed by atoms with van der Waals surface area (Å²) in [6, 6.07) is 4.30. The fourth-order valence-corrected chi connectivity index (χ4v) is 3.76. The molecule has 0 unspecified atom stereocenters. The maximum absolute atomic E-state index is 3.46. The second-order valence-electron chi connectivity index (χ2n) is 2.35. The van der Waals surface area contributed by atoms with Crippen LogP contribution >= 0.6 is 39.0 Å². The lowest BCUT2D eigenvalue weighted by Gasteiger charge is -2.04. The van der Waals surface area contributed by atoms with Gasteiger partial charge in [0.15, 0.2) is 0 Å². The first-order valence-corrected chi connectivity index (χ1v) is 6.12. The predicted octanol–water partition coefficient (Wildman–Crippen LogP) is 2.85. The van der Waals surface area contributed by atoms with Gasteiger partial charge in [-0.15, -0.1) is 23.1 Å². The SMILES string of the molecule is Brc1ccc([C@H]2NCCS2)s1. The Balaban J connectivity index is 2.15. The second kappa shape index (κ2) is 3.47. The molecule has 0 aliphatic carbocycles. The molecule has 1 fully saturated rings. The highest BCUT2D eigenvalue weighted by atomic mass is 79.9. The molecule has 0 bridgehead atoms. The molecule has 1 aromatic heterocycles. The minimum atomic E-state index is 0.547. The molecule has 11 heavy (non-hydrogen) atoms. The van der Waals surface area contributed by atoms with E-state index in [0.717, 1.165) is 6.54 Å². The number of hydrogen-bond acceptors (Lipinski definition) is 3. The van der Waals surface area contributed by atoms with Crippen LogP contribution in [0.1, 0.15) is 10.3 Å². The molecule has 1 nitrogen and oxygen atoms in total. The standard InChI is InChI=1S/C7H8BrNS2/c8-6-2-1-5(11-6)7-9-3-4-10-7/h1-2,7,9H,3-4H2/t7-/m0/s1. The fourth-order valence-electron chi connectivity index (χ4n) is 1.08. The summed E-state index contributed by atoms with van der Waals surface area (Å²) in [6.07, 6.45) is 0. The van der Waals surface area contributed by atoms with Crippen LogP contribution in [0.2, 0.25) is 0 Å². The van der Waals surface area contributed by atoms with Gasteiger partial charge in [0, 0.05) is 17.2 Å². The number of hydrogen-bond donors (Lipinski definition) is 1. The van der Waals surface area contributed by atoms with Crippen molar-refractivity contribution >= 4 is 39.0 Å². The number of nitrogens with one attached hydrogen (secondary N) is 1. The molecule has 0 amide bonds. The maximum Gasteiger partial charge on any atom is 0.0883 e. The largest absolute Gasteiger partial charge is 0.300 e. The summed E-state index contributed by atoms with van der Waals surface area (Å²) in [4.78, 5) is 1.43. The van der Waals surface area contributed by atoms with Crippen LogP contribution in [-0.2, 0) is 0 Å². The Morgan fingerprint density at radius 3 is 3.00 bits per heavy atom. The Bertz CT molecular complexity index is 242. The molecule has 4 heteroatoms. The minimum absolute atomic E-state index is 0.547. The van der Waals surface area contributed by atoms with Gasteiger partial charge in [0.2, 0.25) is 0 Å². The summed E-state index contributed by atoms with van der Waals surface area (Å²) in [6.45, 7) is 1.14. The lowest BCUT2D eigenvalue weighted by molar-refractivity contribution is 0.761. The van der Waals surface area contributed by atoms with E-state index in [2.05, 4.69) is 33.4 Å². The first-order valence-electron chi connectivity index (χ1n) is 3.46. The van der Waals surface area contributed by atoms with Gasteiger partial charge in [-0.25, -0.2) is 0 Å². The molecule has 1 atom stereocenters. The third-order valence-electron chi connectivity index (χ3n) is 1.57. The average Bonchev–Trinajstić information content (AvgIpc) is 2.55. The lowest BCUT2D eigenvalue weighted by atomic mass is 10.4. The second-order valence-corrected chi connectivity index (χ2v) is 6.05. The van der Waals surface area contributed by atoms with Crippen LogP contribution in [0.3, 0.4) is 0 Å². The van der Waals surface area contributed by atoms with Crippen molar-refractivity contribution in [3.63, 3.8) is 0 Å². The molecule has 60 valence electrons. The molecule has 0 saturated carbocycles. The quantitative estimate of drug-likeness (QED) is 0.822. The number of halogens is 1. The number of thioether (sulfide) groups is 1. The molecule has 1 aliphatic heterocycles. The molecular formula is C7H8BrNS2. The van der Waals surface area contributed by atoms with E-state index in [9.17, 15) is 0 Å². The van der Waals surface area contributed by atoms with Crippen molar-refractivity contribution in [2.24, 2.45) is 0 Å².